The van der Waals surface area contributed by atoms with E-state index in [4.69, 9.17) is 80.5 Å². The molecule has 0 amide bonds. The highest BCUT2D eigenvalue weighted by Gasteiger charge is 2.29. The van der Waals surface area contributed by atoms with Crippen molar-refractivity contribution in [3.63, 3.8) is 0 Å². The Kier molecular flexibility index (Phi) is 84.7. The lowest BCUT2D eigenvalue weighted by atomic mass is 9.97. The number of carbonyl (C=O) groups excluding carboxylic acids is 10. The Morgan fingerprint density at radius 2 is 0.259 bits per heavy atom. The third-order valence-electron chi connectivity index (χ3n) is 11.7. The molecule has 0 aliphatic rings. The number of hydrogen-bond acceptors (Lipinski definition) is 27. The molecule has 674 valence electrons. The van der Waals surface area contributed by atoms with Gasteiger partial charge in [0.05, 0.1) is 133 Å². The molecule has 0 aliphatic carbocycles. The van der Waals surface area contributed by atoms with Crippen molar-refractivity contribution in [2.45, 2.75) is 282 Å². The number of rotatable bonds is 31. The normalized spacial score (nSPS) is 11.2. The average Bonchev–Trinajstić information content (AvgIpc) is 0.996. The zero-order valence-electron chi connectivity index (χ0n) is 78.0. The third-order valence-corrected chi connectivity index (χ3v) is 11.7. The summed E-state index contributed by atoms with van der Waals surface area (Å²) in [6.45, 7) is 73.8. The summed E-state index contributed by atoms with van der Waals surface area (Å²) in [6.07, 6.45) is 4.56. The van der Waals surface area contributed by atoms with Gasteiger partial charge in [0.15, 0.2) is 0 Å². The molecule has 0 fully saturated rings. The summed E-state index contributed by atoms with van der Waals surface area (Å²) in [6, 6.07) is 0. The summed E-state index contributed by atoms with van der Waals surface area (Å²) < 4.78 is 83.2. The molecule has 0 N–H and O–H groups in total. The second kappa shape index (κ2) is 73.1. The molecule has 112 heavy (non-hydrogen) atoms. The predicted molar refractivity (Wildman–Crippen MR) is 443 cm³/mol. The van der Waals surface area contributed by atoms with Crippen molar-refractivity contribution in [1.82, 2.24) is 0 Å². The first-order valence-corrected chi connectivity index (χ1v) is 38.6. The maximum Gasteiger partial charge on any atom is 0.311 e. The quantitative estimate of drug-likeness (QED) is 0.0353. The summed E-state index contributed by atoms with van der Waals surface area (Å²) >= 11 is 0. The first kappa shape index (κ1) is 130. The fraction of sp³-hybridized carbons (Fsp3) is 0.882. The Morgan fingerprint density at radius 1 is 0.161 bits per heavy atom. The van der Waals surface area contributed by atoms with Crippen molar-refractivity contribution in [3.05, 3.63) is 0 Å². The second-order valence-electron chi connectivity index (χ2n) is 35.0. The molecule has 0 saturated carbocycles. The van der Waals surface area contributed by atoms with E-state index in [0.717, 1.165) is 38.7 Å². The van der Waals surface area contributed by atoms with Gasteiger partial charge in [0, 0.05) is 42.2 Å². The SMILES string of the molecule is C.CCCOC(=O)C(C)(C)C.CCCOC(=O)C(C)(C)C.CCCOC(=O)C(C)(C)C.CCCOC(=O)C(C)(C)C.CCCOCCOC(=O)C(C)(C)C.COCCOC(=O)C(C)(C)C.COCCOC(=O)C(C)(C)C.COCCOC(=O)C(C)(C)C.COCCOC(=O)C(C)(C)C.COCCOCCOC(=O)C(C)(C)C. The van der Waals surface area contributed by atoms with E-state index in [-0.39, 0.29) is 88.8 Å². The van der Waals surface area contributed by atoms with Gasteiger partial charge in [-0.2, -0.15) is 0 Å². The second-order valence-corrected chi connectivity index (χ2v) is 35.0. The smallest absolute Gasteiger partial charge is 0.311 e. The fourth-order valence-corrected chi connectivity index (χ4v) is 4.69. The minimum atomic E-state index is -0.438. The van der Waals surface area contributed by atoms with Crippen molar-refractivity contribution in [3.8, 4) is 0 Å². The van der Waals surface area contributed by atoms with Gasteiger partial charge in [-0.1, -0.05) is 42.0 Å². The van der Waals surface area contributed by atoms with Crippen molar-refractivity contribution in [2.75, 3.05) is 161 Å². The van der Waals surface area contributed by atoms with Crippen LogP contribution in [0.4, 0.5) is 0 Å². The highest BCUT2D eigenvalue weighted by atomic mass is 16.6. The fourth-order valence-electron chi connectivity index (χ4n) is 4.69. The molecule has 0 aromatic heterocycles. The maximum atomic E-state index is 11.3. The van der Waals surface area contributed by atoms with E-state index in [9.17, 15) is 47.9 Å². The highest BCUT2D eigenvalue weighted by molar-refractivity contribution is 5.79. The molecular weight excluding hydrogens is 1450 g/mol. The van der Waals surface area contributed by atoms with E-state index >= 15 is 0 Å². The summed E-state index contributed by atoms with van der Waals surface area (Å²) in [5.41, 5.74) is -3.89. The van der Waals surface area contributed by atoms with E-state index in [1.807, 2.05) is 242 Å². The van der Waals surface area contributed by atoms with Gasteiger partial charge in [-0.3, -0.25) is 47.9 Å². The summed E-state index contributed by atoms with van der Waals surface area (Å²) in [4.78, 5) is 111. The van der Waals surface area contributed by atoms with Crippen molar-refractivity contribution >= 4 is 59.7 Å². The largest absolute Gasteiger partial charge is 0.465 e. The molecule has 0 rings (SSSR count). The lowest BCUT2D eigenvalue weighted by molar-refractivity contribution is -0.155. The Balaban J connectivity index is -0.000000113. The van der Waals surface area contributed by atoms with Gasteiger partial charge in [0.2, 0.25) is 0 Å². The molecule has 0 aromatic carbocycles. The van der Waals surface area contributed by atoms with Crippen LogP contribution in [0.2, 0.25) is 0 Å². The van der Waals surface area contributed by atoms with Crippen LogP contribution in [0.5, 0.6) is 0 Å². The molecule has 0 radical (unpaired) electrons. The highest BCUT2D eigenvalue weighted by Crippen LogP contribution is 2.21. The maximum absolute atomic E-state index is 11.3. The van der Waals surface area contributed by atoms with Crippen LogP contribution in [0.1, 0.15) is 282 Å². The monoisotopic (exact) mass is 1630 g/mol. The number of methoxy groups -OCH3 is 5. The van der Waals surface area contributed by atoms with Gasteiger partial charge in [-0.15, -0.1) is 0 Å². The lowest BCUT2D eigenvalue weighted by Crippen LogP contribution is -2.24. The minimum absolute atomic E-state index is 0. The molecule has 27 heteroatoms. The van der Waals surface area contributed by atoms with Crippen LogP contribution in [-0.2, 0) is 128 Å². The van der Waals surface area contributed by atoms with Crippen molar-refractivity contribution < 1.29 is 128 Å². The van der Waals surface area contributed by atoms with E-state index in [1.54, 1.807) is 35.5 Å². The van der Waals surface area contributed by atoms with E-state index in [2.05, 4.69) is 0 Å². The van der Waals surface area contributed by atoms with Crippen LogP contribution in [0.15, 0.2) is 0 Å². The van der Waals surface area contributed by atoms with Crippen molar-refractivity contribution in [1.29, 1.82) is 0 Å². The van der Waals surface area contributed by atoms with Crippen LogP contribution >= 0.6 is 0 Å². The Bertz CT molecular complexity index is 2070. The predicted octanol–water partition coefficient (Wildman–Crippen LogP) is 16.7. The molecule has 27 nitrogen and oxygen atoms in total. The Morgan fingerprint density at radius 3 is 0.375 bits per heavy atom. The number of carbonyl (C=O) groups is 10. The molecule has 0 unspecified atom stereocenters. The van der Waals surface area contributed by atoms with Crippen LogP contribution in [-0.4, -0.2) is 221 Å². The van der Waals surface area contributed by atoms with E-state index in [0.29, 0.717) is 119 Å². The molecule has 0 bridgehead atoms. The van der Waals surface area contributed by atoms with Gasteiger partial charge in [0.1, 0.15) is 39.6 Å². The number of hydrogen-bond donors (Lipinski definition) is 0. The van der Waals surface area contributed by atoms with Crippen LogP contribution in [0.25, 0.3) is 0 Å². The van der Waals surface area contributed by atoms with Gasteiger partial charge >= 0.3 is 59.7 Å². The van der Waals surface area contributed by atoms with E-state index < -0.39 is 32.5 Å². The molecule has 0 spiro atoms. The van der Waals surface area contributed by atoms with Crippen LogP contribution in [0, 0.1) is 54.1 Å². The molecule has 0 aromatic rings. The summed E-state index contributed by atoms with van der Waals surface area (Å²) in [7, 11) is 7.91. The Hall–Kier alpha value is -5.58. The number of esters is 10. The first-order valence-electron chi connectivity index (χ1n) is 38.6. The van der Waals surface area contributed by atoms with E-state index in [1.165, 1.54) is 0 Å². The molecule has 0 aliphatic heterocycles. The topological polar surface area (TPSA) is 328 Å². The van der Waals surface area contributed by atoms with Gasteiger partial charge in [0.25, 0.3) is 0 Å². The third kappa shape index (κ3) is 100. The number of ether oxygens (including phenoxy) is 17. The van der Waals surface area contributed by atoms with Gasteiger partial charge < -0.3 is 80.5 Å². The molecule has 0 heterocycles. The zero-order valence-corrected chi connectivity index (χ0v) is 78.0. The van der Waals surface area contributed by atoms with Crippen LogP contribution < -0.4 is 0 Å². The van der Waals surface area contributed by atoms with Crippen LogP contribution in [0.3, 0.4) is 0 Å². The summed E-state index contributed by atoms with van der Waals surface area (Å²) in [5, 5.41) is 0. The standard InChI is InChI=1S/C10H20O4.C10H20O3.4C8H16O3.4C8H16O2.CH4/c1-10(2,3)9(11)14-8-7-13-6-5-12-4;1-5-6-12-7-8-13-9(11)10(2,3)4;4*1-8(2,3)7(9)11-6-5-10-4;4*1-5-6-10-7(9)8(2,3)4;/h5-8H2,1-4H3;5-8H2,1-4H3;4*5-6H2,1-4H3;4*5-6H2,1-4H3;1H4. The first-order chi connectivity index (χ1) is 50.3. The average molecular weight is 1630 g/mol. The lowest BCUT2D eigenvalue weighted by Gasteiger charge is -2.16. The molecule has 0 atom stereocenters. The minimum Gasteiger partial charge on any atom is -0.465 e. The van der Waals surface area contributed by atoms with Gasteiger partial charge in [-0.25, -0.2) is 0 Å². The molecule has 0 saturated heterocycles. The van der Waals surface area contributed by atoms with Gasteiger partial charge in [-0.05, 0) is 240 Å². The zero-order chi connectivity index (χ0) is 89.8. The molecular formula is C85H172O27. The summed E-state index contributed by atoms with van der Waals surface area (Å²) in [5.74, 6) is -1.58. The Labute approximate surface area is 682 Å². The van der Waals surface area contributed by atoms with Crippen molar-refractivity contribution in [2.24, 2.45) is 54.1 Å².